The number of rotatable bonds is 6. The van der Waals surface area contributed by atoms with Crippen molar-refractivity contribution in [3.63, 3.8) is 0 Å². The highest BCUT2D eigenvalue weighted by atomic mass is 16.6. The second kappa shape index (κ2) is 8.06. The van der Waals surface area contributed by atoms with E-state index in [1.807, 2.05) is 48.5 Å². The second-order valence-corrected chi connectivity index (χ2v) is 5.70. The number of carbonyl (C=O) groups excluding carboxylic acids is 1. The lowest BCUT2D eigenvalue weighted by Crippen LogP contribution is -2.36. The molecule has 0 radical (unpaired) electrons. The first-order chi connectivity index (χ1) is 12.3. The normalized spacial score (nSPS) is 15.8. The van der Waals surface area contributed by atoms with E-state index >= 15 is 0 Å². The lowest BCUT2D eigenvalue weighted by molar-refractivity contribution is -0.124. The molecule has 1 atom stereocenters. The molecule has 2 heterocycles. The average Bonchev–Trinajstić information content (AvgIpc) is 3.16. The van der Waals surface area contributed by atoms with Gasteiger partial charge in [-0.1, -0.05) is 41.6 Å². The summed E-state index contributed by atoms with van der Waals surface area (Å²) in [6.07, 6.45) is 2.13. The van der Waals surface area contributed by atoms with Crippen LogP contribution in [0.15, 0.2) is 59.9 Å². The molecule has 0 spiro atoms. The van der Waals surface area contributed by atoms with E-state index in [0.717, 1.165) is 11.3 Å². The molecular formula is C19H18N4O2. The molecule has 6 heteroatoms. The summed E-state index contributed by atoms with van der Waals surface area (Å²) in [6, 6.07) is 17.3. The van der Waals surface area contributed by atoms with Gasteiger partial charge in [0.2, 0.25) is 0 Å². The van der Waals surface area contributed by atoms with Crippen molar-refractivity contribution in [2.75, 3.05) is 6.54 Å². The number of hydrogen-bond acceptors (Lipinski definition) is 5. The molecule has 0 N–H and O–H groups in total. The molecular weight excluding hydrogens is 316 g/mol. The Balaban J connectivity index is 1.69. The Morgan fingerprint density at radius 2 is 2.04 bits per heavy atom. The van der Waals surface area contributed by atoms with Crippen molar-refractivity contribution in [2.24, 2.45) is 5.16 Å². The number of nitriles is 1. The van der Waals surface area contributed by atoms with Crippen molar-refractivity contribution in [2.45, 2.75) is 25.5 Å². The highest BCUT2D eigenvalue weighted by Crippen LogP contribution is 2.27. The smallest absolute Gasteiger partial charge is 0.272 e. The molecule has 25 heavy (non-hydrogen) atoms. The van der Waals surface area contributed by atoms with Crippen LogP contribution in [-0.4, -0.2) is 28.0 Å². The number of nitrogens with zero attached hydrogens (tertiary/aromatic N) is 4. The van der Waals surface area contributed by atoms with Crippen LogP contribution in [0, 0.1) is 11.3 Å². The number of amides is 1. The Morgan fingerprint density at radius 3 is 2.76 bits per heavy atom. The summed E-state index contributed by atoms with van der Waals surface area (Å²) in [7, 11) is 0. The summed E-state index contributed by atoms with van der Waals surface area (Å²) >= 11 is 0. The fraction of sp³-hybridized carbons (Fsp3) is 0.263. The molecule has 0 bridgehead atoms. The number of hydrogen-bond donors (Lipinski definition) is 0. The second-order valence-electron chi connectivity index (χ2n) is 5.70. The zero-order chi connectivity index (χ0) is 17.5. The summed E-state index contributed by atoms with van der Waals surface area (Å²) in [4.78, 5) is 24.1. The van der Waals surface area contributed by atoms with E-state index in [-0.39, 0.29) is 18.4 Å². The predicted octanol–water partition coefficient (Wildman–Crippen LogP) is 2.84. The zero-order valence-corrected chi connectivity index (χ0v) is 13.7. The number of aromatic nitrogens is 1. The van der Waals surface area contributed by atoms with Crippen molar-refractivity contribution in [3.05, 3.63) is 66.0 Å². The topological polar surface area (TPSA) is 78.6 Å². The maximum absolute atomic E-state index is 12.8. The molecule has 3 rings (SSSR count). The quantitative estimate of drug-likeness (QED) is 0.814. The van der Waals surface area contributed by atoms with Gasteiger partial charge in [-0.3, -0.25) is 9.78 Å². The minimum absolute atomic E-state index is 0.209. The third-order valence-electron chi connectivity index (χ3n) is 3.95. The Morgan fingerprint density at radius 1 is 1.24 bits per heavy atom. The van der Waals surface area contributed by atoms with Gasteiger partial charge in [-0.2, -0.15) is 5.26 Å². The molecule has 0 aliphatic carbocycles. The van der Waals surface area contributed by atoms with Crippen molar-refractivity contribution in [3.8, 4) is 6.07 Å². The van der Waals surface area contributed by atoms with E-state index in [9.17, 15) is 4.79 Å². The van der Waals surface area contributed by atoms with Crippen LogP contribution < -0.4 is 0 Å². The molecule has 6 nitrogen and oxygen atoms in total. The van der Waals surface area contributed by atoms with E-state index in [0.29, 0.717) is 25.2 Å². The summed E-state index contributed by atoms with van der Waals surface area (Å²) in [6.45, 7) is 0.678. The maximum Gasteiger partial charge on any atom is 0.272 e. The molecule has 126 valence electrons. The minimum atomic E-state index is -0.243. The molecule has 1 aromatic heterocycles. The molecule has 1 unspecified atom stereocenters. The molecule has 1 aromatic carbocycles. The molecule has 0 saturated carbocycles. The van der Waals surface area contributed by atoms with E-state index in [2.05, 4.69) is 16.2 Å². The van der Waals surface area contributed by atoms with E-state index in [1.165, 1.54) is 0 Å². The first kappa shape index (κ1) is 16.7. The van der Waals surface area contributed by atoms with Crippen LogP contribution in [-0.2, 0) is 16.2 Å². The third-order valence-corrected chi connectivity index (χ3v) is 3.95. The fourth-order valence-electron chi connectivity index (χ4n) is 2.66. The van der Waals surface area contributed by atoms with Crippen LogP contribution in [0.25, 0.3) is 0 Å². The largest absolute Gasteiger partial charge is 0.387 e. The molecule has 0 saturated heterocycles. The number of oxime groups is 1. The van der Waals surface area contributed by atoms with Gasteiger partial charge in [-0.05, 0) is 17.7 Å². The van der Waals surface area contributed by atoms with Gasteiger partial charge < -0.3 is 9.74 Å². The Kier molecular flexibility index (Phi) is 5.37. The van der Waals surface area contributed by atoms with Crippen LogP contribution in [0.1, 0.15) is 30.2 Å². The number of pyridine rings is 1. The monoisotopic (exact) mass is 334 g/mol. The molecule has 2 aromatic rings. The van der Waals surface area contributed by atoms with Crippen molar-refractivity contribution < 1.29 is 9.63 Å². The zero-order valence-electron chi connectivity index (χ0n) is 13.7. The van der Waals surface area contributed by atoms with Gasteiger partial charge in [0, 0.05) is 19.2 Å². The first-order valence-electron chi connectivity index (χ1n) is 8.11. The standard InChI is InChI=1S/C19H18N4O2/c20-10-6-12-23(14-16-9-4-5-11-21-16)19(24)17-13-18(25-22-17)15-7-2-1-3-8-15/h1-5,7-9,11,18H,6,12-14H2. The lowest BCUT2D eigenvalue weighted by atomic mass is 10.0. The van der Waals surface area contributed by atoms with Gasteiger partial charge >= 0.3 is 0 Å². The van der Waals surface area contributed by atoms with Crippen molar-refractivity contribution in [1.82, 2.24) is 9.88 Å². The van der Waals surface area contributed by atoms with Gasteiger partial charge in [0.15, 0.2) is 6.10 Å². The van der Waals surface area contributed by atoms with Crippen LogP contribution in [0.3, 0.4) is 0 Å². The first-order valence-corrected chi connectivity index (χ1v) is 8.11. The van der Waals surface area contributed by atoms with Gasteiger partial charge in [0.1, 0.15) is 5.71 Å². The van der Waals surface area contributed by atoms with Crippen LogP contribution in [0.5, 0.6) is 0 Å². The van der Waals surface area contributed by atoms with Gasteiger partial charge in [-0.15, -0.1) is 0 Å². The summed E-state index contributed by atoms with van der Waals surface area (Å²) < 4.78 is 0. The highest BCUT2D eigenvalue weighted by Gasteiger charge is 2.30. The molecule has 1 aliphatic rings. The summed E-state index contributed by atoms with van der Waals surface area (Å²) in [5, 5.41) is 12.8. The minimum Gasteiger partial charge on any atom is -0.387 e. The van der Waals surface area contributed by atoms with Gasteiger partial charge in [0.05, 0.1) is 24.7 Å². The summed E-state index contributed by atoms with van der Waals surface area (Å²) in [5.74, 6) is -0.209. The molecule has 1 aliphatic heterocycles. The van der Waals surface area contributed by atoms with E-state index in [1.54, 1.807) is 11.1 Å². The Hall–Kier alpha value is -3.20. The van der Waals surface area contributed by atoms with E-state index in [4.69, 9.17) is 10.1 Å². The Bertz CT molecular complexity index is 784. The number of benzene rings is 1. The maximum atomic E-state index is 12.8. The average molecular weight is 334 g/mol. The predicted molar refractivity (Wildman–Crippen MR) is 92.2 cm³/mol. The fourth-order valence-corrected chi connectivity index (χ4v) is 2.66. The molecule has 0 fully saturated rings. The molecule has 1 amide bonds. The highest BCUT2D eigenvalue weighted by molar-refractivity contribution is 6.39. The number of carbonyl (C=O) groups is 1. The lowest BCUT2D eigenvalue weighted by Gasteiger charge is -2.20. The van der Waals surface area contributed by atoms with Gasteiger partial charge in [0.25, 0.3) is 5.91 Å². The third kappa shape index (κ3) is 4.21. The Labute approximate surface area is 146 Å². The summed E-state index contributed by atoms with van der Waals surface area (Å²) in [5.41, 5.74) is 2.14. The van der Waals surface area contributed by atoms with Crippen LogP contribution in [0.4, 0.5) is 0 Å². The van der Waals surface area contributed by atoms with Crippen LogP contribution >= 0.6 is 0 Å². The van der Waals surface area contributed by atoms with Crippen LogP contribution in [0.2, 0.25) is 0 Å². The SMILES string of the molecule is N#CCCN(Cc1ccccn1)C(=O)C1=NOC(c2ccccc2)C1. The van der Waals surface area contributed by atoms with Gasteiger partial charge in [-0.25, -0.2) is 0 Å². The van der Waals surface area contributed by atoms with E-state index < -0.39 is 0 Å². The van der Waals surface area contributed by atoms with Crippen molar-refractivity contribution in [1.29, 1.82) is 5.26 Å². The van der Waals surface area contributed by atoms with Crippen molar-refractivity contribution >= 4 is 11.6 Å².